The second-order valence-corrected chi connectivity index (χ2v) is 2.40. The third-order valence-electron chi connectivity index (χ3n) is 1.06. The van der Waals surface area contributed by atoms with Crippen LogP contribution in [0.2, 0.25) is 0 Å². The van der Waals surface area contributed by atoms with Crippen molar-refractivity contribution in [1.29, 1.82) is 0 Å². The summed E-state index contributed by atoms with van der Waals surface area (Å²) in [7, 11) is 0. The van der Waals surface area contributed by atoms with Gasteiger partial charge in [-0.3, -0.25) is 4.79 Å². The number of ether oxygens (including phenoxy) is 1. The van der Waals surface area contributed by atoms with Gasteiger partial charge in [0.05, 0.1) is 6.54 Å². The minimum atomic E-state index is -0.430. The predicted molar refractivity (Wildman–Crippen MR) is 51.2 cm³/mol. The average molecular weight is 187 g/mol. The molecule has 1 N–H and O–H groups in total. The summed E-state index contributed by atoms with van der Waals surface area (Å²) < 4.78 is 4.70. The molecule has 0 spiro atoms. The van der Waals surface area contributed by atoms with Crippen LogP contribution < -0.4 is 5.32 Å². The van der Waals surface area contributed by atoms with E-state index in [-0.39, 0.29) is 19.9 Å². The zero-order chi connectivity index (χ0) is 9.56. The minimum Gasteiger partial charge on any atom is -0.460 e. The van der Waals surface area contributed by atoms with E-state index in [1.807, 2.05) is 0 Å². The maximum absolute atomic E-state index is 10.8. The Bertz CT molecular complexity index is 199. The number of rotatable bonds is 4. The first-order valence-corrected chi connectivity index (χ1v) is 3.61. The van der Waals surface area contributed by atoms with Gasteiger partial charge < -0.3 is 10.1 Å². The lowest BCUT2D eigenvalue weighted by molar-refractivity contribution is -0.139. The lowest BCUT2D eigenvalue weighted by atomic mass is 10.4. The van der Waals surface area contributed by atoms with Crippen LogP contribution in [0.4, 0.5) is 0 Å². The molecule has 0 heterocycles. The Labute approximate surface area is 79.0 Å². The van der Waals surface area contributed by atoms with Crippen molar-refractivity contribution in [3.05, 3.63) is 12.2 Å². The zero-order valence-corrected chi connectivity index (χ0v) is 7.35. The van der Waals surface area contributed by atoms with Gasteiger partial charge in [-0.2, -0.15) is 0 Å². The van der Waals surface area contributed by atoms with Crippen molar-refractivity contribution in [3.8, 4) is 0 Å². The van der Waals surface area contributed by atoms with Gasteiger partial charge in [-0.05, 0) is 6.92 Å². The second-order valence-electron chi connectivity index (χ2n) is 2.40. The topological polar surface area (TPSA) is 55.4 Å². The van der Waals surface area contributed by atoms with E-state index in [1.165, 1.54) is 6.92 Å². The number of hydrogen-bond donors (Lipinski definition) is 1. The number of nitrogens with one attached hydrogen (secondary N) is 1. The molecular weight excluding hydrogens is 170 g/mol. The summed E-state index contributed by atoms with van der Waals surface area (Å²) >= 11 is 0. The molecule has 0 aromatic carbocycles. The van der Waals surface area contributed by atoms with Crippen LogP contribution in [0.1, 0.15) is 21.3 Å². The Balaban J connectivity index is 0. The maximum atomic E-state index is 10.8. The van der Waals surface area contributed by atoms with E-state index in [0.717, 1.165) is 0 Å². The van der Waals surface area contributed by atoms with Gasteiger partial charge in [0, 0.05) is 12.5 Å². The third-order valence-corrected chi connectivity index (χ3v) is 1.06. The molecule has 0 unspecified atom stereocenters. The van der Waals surface area contributed by atoms with Gasteiger partial charge in [0.15, 0.2) is 0 Å². The predicted octanol–water partition coefficient (Wildman–Crippen LogP) is 0.878. The Morgan fingerprint density at radius 1 is 1.38 bits per heavy atom. The number of amides is 1. The van der Waals surface area contributed by atoms with Crippen LogP contribution in [-0.2, 0) is 14.3 Å². The average Bonchev–Trinajstić information content (AvgIpc) is 1.97. The van der Waals surface area contributed by atoms with Crippen LogP contribution in [0.3, 0.4) is 0 Å². The Kier molecular flexibility index (Phi) is 8.02. The van der Waals surface area contributed by atoms with E-state index in [1.54, 1.807) is 6.92 Å². The number of carbonyl (C=O) groups is 2. The summed E-state index contributed by atoms with van der Waals surface area (Å²) in [6.07, 6.45) is 0. The first kappa shape index (κ1) is 14.2. The molecule has 0 aliphatic rings. The standard InChI is InChI=1S/C8H13NO3.CH4/c1-6(2)8(11)12-5-4-9-7(3)10;/h1,4-5H2,2-3H3,(H,9,10);1H4. The Morgan fingerprint density at radius 2 is 1.92 bits per heavy atom. The van der Waals surface area contributed by atoms with E-state index in [2.05, 4.69) is 11.9 Å². The molecule has 76 valence electrons. The van der Waals surface area contributed by atoms with Gasteiger partial charge in [-0.1, -0.05) is 14.0 Å². The van der Waals surface area contributed by atoms with Gasteiger partial charge in [0.2, 0.25) is 5.91 Å². The summed E-state index contributed by atoms with van der Waals surface area (Å²) in [6, 6.07) is 0. The summed E-state index contributed by atoms with van der Waals surface area (Å²) in [6.45, 7) is 6.91. The monoisotopic (exact) mass is 187 g/mol. The summed E-state index contributed by atoms with van der Waals surface area (Å²) in [5, 5.41) is 2.49. The third kappa shape index (κ3) is 8.59. The molecule has 0 bridgehead atoms. The van der Waals surface area contributed by atoms with E-state index < -0.39 is 5.97 Å². The van der Waals surface area contributed by atoms with Gasteiger partial charge in [0.1, 0.15) is 6.61 Å². The normalized spacial score (nSPS) is 8.15. The van der Waals surface area contributed by atoms with Crippen molar-refractivity contribution in [1.82, 2.24) is 5.32 Å². The SMILES string of the molecule is C.C=C(C)C(=O)OCCNC(C)=O. The van der Waals surface area contributed by atoms with Crippen molar-refractivity contribution in [2.75, 3.05) is 13.2 Å². The lowest BCUT2D eigenvalue weighted by Crippen LogP contribution is -2.25. The van der Waals surface area contributed by atoms with Crippen LogP contribution in [0.15, 0.2) is 12.2 Å². The highest BCUT2D eigenvalue weighted by Gasteiger charge is 2.01. The lowest BCUT2D eigenvalue weighted by Gasteiger charge is -2.03. The van der Waals surface area contributed by atoms with Crippen molar-refractivity contribution < 1.29 is 14.3 Å². The molecule has 0 aliphatic heterocycles. The highest BCUT2D eigenvalue weighted by Crippen LogP contribution is 1.90. The summed E-state index contributed by atoms with van der Waals surface area (Å²) in [5.74, 6) is -0.568. The summed E-state index contributed by atoms with van der Waals surface area (Å²) in [5.41, 5.74) is 0.359. The van der Waals surface area contributed by atoms with Crippen molar-refractivity contribution in [2.45, 2.75) is 21.3 Å². The molecule has 0 saturated carbocycles. The number of esters is 1. The van der Waals surface area contributed by atoms with Crippen LogP contribution in [0.5, 0.6) is 0 Å². The highest BCUT2D eigenvalue weighted by molar-refractivity contribution is 5.86. The molecule has 0 fully saturated rings. The molecule has 4 heteroatoms. The fourth-order valence-corrected chi connectivity index (χ4v) is 0.494. The van der Waals surface area contributed by atoms with Crippen molar-refractivity contribution >= 4 is 11.9 Å². The van der Waals surface area contributed by atoms with Gasteiger partial charge in [-0.25, -0.2) is 4.79 Å². The van der Waals surface area contributed by atoms with Gasteiger partial charge in [-0.15, -0.1) is 0 Å². The number of hydrogen-bond acceptors (Lipinski definition) is 3. The molecule has 0 aromatic heterocycles. The molecule has 0 rings (SSSR count). The maximum Gasteiger partial charge on any atom is 0.333 e. The van der Waals surface area contributed by atoms with Crippen LogP contribution in [0.25, 0.3) is 0 Å². The van der Waals surface area contributed by atoms with Crippen LogP contribution in [0, 0.1) is 0 Å². The Morgan fingerprint density at radius 3 is 2.31 bits per heavy atom. The van der Waals surface area contributed by atoms with E-state index >= 15 is 0 Å². The van der Waals surface area contributed by atoms with Crippen molar-refractivity contribution in [3.63, 3.8) is 0 Å². The molecular formula is C9H17NO3. The molecule has 13 heavy (non-hydrogen) atoms. The summed E-state index contributed by atoms with van der Waals surface area (Å²) in [4.78, 5) is 21.1. The van der Waals surface area contributed by atoms with Crippen LogP contribution >= 0.6 is 0 Å². The first-order chi connectivity index (χ1) is 5.54. The molecule has 1 amide bonds. The fourth-order valence-electron chi connectivity index (χ4n) is 0.494. The largest absolute Gasteiger partial charge is 0.460 e. The molecule has 0 atom stereocenters. The molecule has 0 saturated heterocycles. The second kappa shape index (κ2) is 7.34. The highest BCUT2D eigenvalue weighted by atomic mass is 16.5. The first-order valence-electron chi connectivity index (χ1n) is 3.61. The molecule has 0 aromatic rings. The van der Waals surface area contributed by atoms with E-state index in [0.29, 0.717) is 12.1 Å². The molecule has 4 nitrogen and oxygen atoms in total. The Hall–Kier alpha value is -1.32. The molecule has 0 aliphatic carbocycles. The fraction of sp³-hybridized carbons (Fsp3) is 0.556. The van der Waals surface area contributed by atoms with Crippen molar-refractivity contribution in [2.24, 2.45) is 0 Å². The smallest absolute Gasteiger partial charge is 0.333 e. The minimum absolute atomic E-state index is 0. The quantitative estimate of drug-likeness (QED) is 0.404. The van der Waals surface area contributed by atoms with E-state index in [9.17, 15) is 9.59 Å². The molecule has 0 radical (unpaired) electrons. The van der Waals surface area contributed by atoms with E-state index in [4.69, 9.17) is 4.74 Å². The number of carbonyl (C=O) groups excluding carboxylic acids is 2. The van der Waals surface area contributed by atoms with Crippen LogP contribution in [-0.4, -0.2) is 25.0 Å². The zero-order valence-electron chi connectivity index (χ0n) is 7.35. The van der Waals surface area contributed by atoms with Gasteiger partial charge in [0.25, 0.3) is 0 Å². The van der Waals surface area contributed by atoms with Gasteiger partial charge >= 0.3 is 5.97 Å².